The molecule has 16 heavy (non-hydrogen) atoms. The molecule has 0 saturated carbocycles. The summed E-state index contributed by atoms with van der Waals surface area (Å²) in [5.74, 6) is 0. The van der Waals surface area contributed by atoms with Crippen LogP contribution in [0.25, 0.3) is 0 Å². The van der Waals surface area contributed by atoms with Gasteiger partial charge in [-0.3, -0.25) is 0 Å². The number of rotatable bonds is 2. The largest absolute Gasteiger partial charge is 0.304 e. The van der Waals surface area contributed by atoms with E-state index >= 15 is 0 Å². The first kappa shape index (κ1) is 13.9. The number of hydrogen-bond acceptors (Lipinski definition) is 4. The van der Waals surface area contributed by atoms with E-state index in [4.69, 9.17) is 0 Å². The van der Waals surface area contributed by atoms with Crippen LogP contribution < -0.4 is 0 Å². The van der Waals surface area contributed by atoms with Crippen molar-refractivity contribution in [2.45, 2.75) is 39.8 Å². The maximum atomic E-state index is 2.44. The summed E-state index contributed by atoms with van der Waals surface area (Å²) in [5.41, 5.74) is 0. The average molecular weight is 228 g/mol. The van der Waals surface area contributed by atoms with Gasteiger partial charge < -0.3 is 4.90 Å². The normalized spacial score (nSPS) is 24.0. The monoisotopic (exact) mass is 228 g/mol. The summed E-state index contributed by atoms with van der Waals surface area (Å²) < 4.78 is 0. The maximum Gasteiger partial charge on any atom is 0.0277 e. The van der Waals surface area contributed by atoms with Crippen molar-refractivity contribution in [2.75, 3.05) is 40.3 Å². The van der Waals surface area contributed by atoms with Crippen molar-refractivity contribution in [1.82, 2.24) is 20.0 Å². The molecule has 0 aromatic carbocycles. The van der Waals surface area contributed by atoms with E-state index in [1.807, 2.05) is 0 Å². The van der Waals surface area contributed by atoms with E-state index in [-0.39, 0.29) is 0 Å². The van der Waals surface area contributed by atoms with Crippen molar-refractivity contribution < 1.29 is 0 Å². The molecule has 1 aliphatic heterocycles. The van der Waals surface area contributed by atoms with Crippen LogP contribution in [-0.2, 0) is 0 Å². The molecule has 4 nitrogen and oxygen atoms in total. The summed E-state index contributed by atoms with van der Waals surface area (Å²) in [7, 11) is 4.40. The van der Waals surface area contributed by atoms with Gasteiger partial charge in [-0.15, -0.1) is 0 Å². The molecule has 0 aromatic rings. The van der Waals surface area contributed by atoms with Gasteiger partial charge >= 0.3 is 0 Å². The molecule has 96 valence electrons. The van der Waals surface area contributed by atoms with Crippen LogP contribution in [0.15, 0.2) is 0 Å². The summed E-state index contributed by atoms with van der Waals surface area (Å²) in [6.07, 6.45) is 0. The van der Waals surface area contributed by atoms with Crippen LogP contribution in [0.4, 0.5) is 0 Å². The number of hydrogen-bond donors (Lipinski definition) is 0. The van der Waals surface area contributed by atoms with Crippen LogP contribution in [0.1, 0.15) is 27.7 Å². The highest BCUT2D eigenvalue weighted by atomic mass is 15.9. The molecule has 0 radical (unpaired) electrons. The quantitative estimate of drug-likeness (QED) is 0.702. The molecule has 1 heterocycles. The van der Waals surface area contributed by atoms with Crippen LogP contribution in [-0.4, -0.2) is 72.4 Å². The minimum absolute atomic E-state index is 0.553. The highest BCUT2D eigenvalue weighted by Crippen LogP contribution is 2.12. The summed E-state index contributed by atoms with van der Waals surface area (Å²) in [5, 5.41) is 7.20. The third-order valence-electron chi connectivity index (χ3n) is 3.36. The lowest BCUT2D eigenvalue weighted by atomic mass is 10.3. The van der Waals surface area contributed by atoms with E-state index in [1.54, 1.807) is 0 Å². The van der Waals surface area contributed by atoms with Crippen molar-refractivity contribution in [3.63, 3.8) is 0 Å². The molecule has 1 aliphatic rings. The zero-order valence-corrected chi connectivity index (χ0v) is 11.8. The lowest BCUT2D eigenvalue weighted by Gasteiger charge is -2.46. The molecule has 0 bridgehead atoms. The summed E-state index contributed by atoms with van der Waals surface area (Å²) >= 11 is 0. The third kappa shape index (κ3) is 3.42. The molecule has 1 rings (SSSR count). The van der Waals surface area contributed by atoms with Crippen molar-refractivity contribution in [2.24, 2.45) is 0 Å². The standard InChI is InChI=1S/C12H28N4/c1-11(2)15-9-7-13(5)8-10-16(12(3)4)14(15)6/h11-12H,7-10H2,1-6H3. The van der Waals surface area contributed by atoms with Crippen LogP contribution in [0.3, 0.4) is 0 Å². The van der Waals surface area contributed by atoms with Gasteiger partial charge in [0.2, 0.25) is 0 Å². The predicted molar refractivity (Wildman–Crippen MR) is 68.9 cm³/mol. The van der Waals surface area contributed by atoms with E-state index in [0.29, 0.717) is 12.1 Å². The van der Waals surface area contributed by atoms with Crippen LogP contribution >= 0.6 is 0 Å². The Morgan fingerprint density at radius 1 is 0.688 bits per heavy atom. The summed E-state index contributed by atoms with van der Waals surface area (Å²) in [4.78, 5) is 2.41. The van der Waals surface area contributed by atoms with E-state index in [0.717, 1.165) is 26.2 Å². The van der Waals surface area contributed by atoms with E-state index in [1.165, 1.54) is 0 Å². The number of hydrazine groups is 2. The molecule has 0 aliphatic carbocycles. The van der Waals surface area contributed by atoms with Gasteiger partial charge in [0.25, 0.3) is 0 Å². The van der Waals surface area contributed by atoms with Gasteiger partial charge in [-0.05, 0) is 34.7 Å². The molecule has 0 atom stereocenters. The highest BCUT2D eigenvalue weighted by Gasteiger charge is 2.25. The van der Waals surface area contributed by atoms with E-state index < -0.39 is 0 Å². The summed E-state index contributed by atoms with van der Waals surface area (Å²) in [6, 6.07) is 1.11. The van der Waals surface area contributed by atoms with Gasteiger partial charge in [0.1, 0.15) is 0 Å². The second-order valence-corrected chi connectivity index (χ2v) is 5.31. The molecule has 0 amide bonds. The van der Waals surface area contributed by atoms with Gasteiger partial charge in [0.15, 0.2) is 0 Å². The van der Waals surface area contributed by atoms with Gasteiger partial charge in [-0.25, -0.2) is 10.0 Å². The third-order valence-corrected chi connectivity index (χ3v) is 3.36. The topological polar surface area (TPSA) is 13.0 Å². The number of nitrogens with zero attached hydrogens (tertiary/aromatic N) is 4. The Kier molecular flexibility index (Phi) is 5.18. The second kappa shape index (κ2) is 5.96. The lowest BCUT2D eigenvalue weighted by Crippen LogP contribution is -2.60. The SMILES string of the molecule is CC(C)N1CCN(C)CCN(C(C)C)N1C. The predicted octanol–water partition coefficient (Wildman–Crippen LogP) is 1.11. The highest BCUT2D eigenvalue weighted by molar-refractivity contribution is 4.69. The lowest BCUT2D eigenvalue weighted by molar-refractivity contribution is -0.204. The molecule has 1 saturated heterocycles. The first-order chi connectivity index (χ1) is 7.43. The molecular formula is C12H28N4. The van der Waals surface area contributed by atoms with Crippen LogP contribution in [0, 0.1) is 0 Å². The smallest absolute Gasteiger partial charge is 0.0277 e. The van der Waals surface area contributed by atoms with Gasteiger partial charge in [0, 0.05) is 45.3 Å². The zero-order valence-electron chi connectivity index (χ0n) is 11.8. The maximum absolute atomic E-state index is 2.44. The van der Waals surface area contributed by atoms with Crippen molar-refractivity contribution in [3.05, 3.63) is 0 Å². The molecule has 0 unspecified atom stereocenters. The number of likely N-dealkylation sites (N-methyl/N-ethyl adjacent to an activating group) is 1. The fraction of sp³-hybridized carbons (Fsp3) is 1.00. The summed E-state index contributed by atoms with van der Waals surface area (Å²) in [6.45, 7) is 13.5. The Morgan fingerprint density at radius 2 is 1.06 bits per heavy atom. The second-order valence-electron chi connectivity index (χ2n) is 5.31. The van der Waals surface area contributed by atoms with E-state index in [9.17, 15) is 0 Å². The minimum atomic E-state index is 0.553. The van der Waals surface area contributed by atoms with Crippen LogP contribution in [0.2, 0.25) is 0 Å². The Hall–Kier alpha value is -0.160. The molecule has 4 heteroatoms. The minimum Gasteiger partial charge on any atom is -0.304 e. The zero-order chi connectivity index (χ0) is 12.3. The van der Waals surface area contributed by atoms with Gasteiger partial charge in [-0.1, -0.05) is 0 Å². The van der Waals surface area contributed by atoms with Crippen molar-refractivity contribution in [1.29, 1.82) is 0 Å². The fourth-order valence-electron chi connectivity index (χ4n) is 2.28. The van der Waals surface area contributed by atoms with Crippen molar-refractivity contribution >= 4 is 0 Å². The molecular weight excluding hydrogens is 200 g/mol. The molecule has 1 fully saturated rings. The average Bonchev–Trinajstić information content (AvgIpc) is 2.14. The Bertz CT molecular complexity index is 185. The van der Waals surface area contributed by atoms with Gasteiger partial charge in [0.05, 0.1) is 0 Å². The Balaban J connectivity index is 2.76. The van der Waals surface area contributed by atoms with Crippen LogP contribution in [0.5, 0.6) is 0 Å². The molecule has 0 N–H and O–H groups in total. The Morgan fingerprint density at radius 3 is 1.38 bits per heavy atom. The molecule has 0 spiro atoms. The first-order valence-electron chi connectivity index (χ1n) is 6.39. The molecule has 0 aromatic heterocycles. The van der Waals surface area contributed by atoms with Gasteiger partial charge in [-0.2, -0.15) is 5.12 Å². The first-order valence-corrected chi connectivity index (χ1v) is 6.39. The Labute approximate surface area is 101 Å². The fourth-order valence-corrected chi connectivity index (χ4v) is 2.28. The van der Waals surface area contributed by atoms with Crippen molar-refractivity contribution in [3.8, 4) is 0 Å². The van der Waals surface area contributed by atoms with E-state index in [2.05, 4.69) is 61.8 Å².